The van der Waals surface area contributed by atoms with Crippen LogP contribution in [0, 0.1) is 0 Å². The zero-order chi connectivity index (χ0) is 20.3. The molecule has 0 aliphatic rings. The van der Waals surface area contributed by atoms with Gasteiger partial charge < -0.3 is 10.3 Å². The van der Waals surface area contributed by atoms with Crippen molar-refractivity contribution in [2.45, 2.75) is 13.0 Å². The minimum atomic E-state index is 0.210. The number of aromatic amines is 1. The summed E-state index contributed by atoms with van der Waals surface area (Å²) < 4.78 is 0. The molecule has 0 amide bonds. The van der Waals surface area contributed by atoms with E-state index < -0.39 is 0 Å². The molecular weight excluding hydrogens is 370 g/mol. The first-order valence-electron chi connectivity index (χ1n) is 9.94. The van der Waals surface area contributed by atoms with Crippen molar-refractivity contribution in [3.63, 3.8) is 0 Å². The summed E-state index contributed by atoms with van der Waals surface area (Å²) in [7, 11) is 0. The fourth-order valence-electron chi connectivity index (χ4n) is 3.62. The average Bonchev–Trinajstić information content (AvgIpc) is 3.24. The number of hydrogen-bond acceptors (Lipinski definition) is 4. The number of aromatic nitrogens is 4. The molecule has 0 saturated carbocycles. The lowest BCUT2D eigenvalue weighted by molar-refractivity contribution is 0.885. The van der Waals surface area contributed by atoms with E-state index in [2.05, 4.69) is 75.7 Å². The largest absolute Gasteiger partial charge is 0.379 e. The van der Waals surface area contributed by atoms with Gasteiger partial charge in [0.2, 0.25) is 0 Å². The van der Waals surface area contributed by atoms with Crippen molar-refractivity contribution < 1.29 is 0 Å². The van der Waals surface area contributed by atoms with Gasteiger partial charge in [0.15, 0.2) is 5.65 Å². The van der Waals surface area contributed by atoms with Crippen LogP contribution in [-0.2, 0) is 0 Å². The van der Waals surface area contributed by atoms with E-state index in [9.17, 15) is 0 Å². The number of pyridine rings is 1. The van der Waals surface area contributed by atoms with E-state index >= 15 is 0 Å². The van der Waals surface area contributed by atoms with Crippen molar-refractivity contribution in [1.29, 1.82) is 0 Å². The summed E-state index contributed by atoms with van der Waals surface area (Å²) in [5.41, 5.74) is 7.81. The summed E-state index contributed by atoms with van der Waals surface area (Å²) in [5.74, 6) is 0. The molecule has 2 N–H and O–H groups in total. The highest BCUT2D eigenvalue weighted by Crippen LogP contribution is 2.30. The first-order chi connectivity index (χ1) is 14.8. The highest BCUT2D eigenvalue weighted by atomic mass is 14.9. The van der Waals surface area contributed by atoms with E-state index in [1.54, 1.807) is 18.6 Å². The smallest absolute Gasteiger partial charge is 0.156 e. The van der Waals surface area contributed by atoms with E-state index in [0.717, 1.165) is 39.2 Å². The molecule has 0 radical (unpaired) electrons. The van der Waals surface area contributed by atoms with Gasteiger partial charge >= 0.3 is 0 Å². The van der Waals surface area contributed by atoms with E-state index in [4.69, 9.17) is 4.98 Å². The van der Waals surface area contributed by atoms with Crippen LogP contribution in [0.25, 0.3) is 33.5 Å². The first kappa shape index (κ1) is 18.1. The lowest BCUT2D eigenvalue weighted by atomic mass is 10.1. The third kappa shape index (κ3) is 3.53. The Morgan fingerprint density at radius 1 is 0.900 bits per heavy atom. The normalized spacial score (nSPS) is 12.0. The summed E-state index contributed by atoms with van der Waals surface area (Å²) >= 11 is 0. The van der Waals surface area contributed by atoms with E-state index in [1.165, 1.54) is 5.56 Å². The SMILES string of the molecule is C[C@H](Nc1cccc(-c2c[nH]c3ncc(-c4cccnc4)nc23)c1)c1ccccc1. The summed E-state index contributed by atoms with van der Waals surface area (Å²) in [6.45, 7) is 2.17. The molecule has 30 heavy (non-hydrogen) atoms. The summed E-state index contributed by atoms with van der Waals surface area (Å²) in [5, 5.41) is 3.59. The van der Waals surface area contributed by atoms with E-state index in [0.29, 0.717) is 0 Å². The van der Waals surface area contributed by atoms with Gasteiger partial charge in [0, 0.05) is 41.4 Å². The molecule has 3 heterocycles. The fraction of sp³-hybridized carbons (Fsp3) is 0.0800. The van der Waals surface area contributed by atoms with Gasteiger partial charge in [-0.2, -0.15) is 0 Å². The lowest BCUT2D eigenvalue weighted by Gasteiger charge is -2.16. The second-order valence-corrected chi connectivity index (χ2v) is 7.25. The van der Waals surface area contributed by atoms with Crippen molar-refractivity contribution in [1.82, 2.24) is 19.9 Å². The standard InChI is InChI=1S/C25H21N5/c1-17(18-7-3-2-4-8-18)29-21-11-5-9-19(13-21)22-15-27-25-24(22)30-23(16-28-25)20-10-6-12-26-14-20/h2-17,29H,1H3,(H,27,28)/t17-/m0/s1. The van der Waals surface area contributed by atoms with Crippen molar-refractivity contribution >= 4 is 16.9 Å². The van der Waals surface area contributed by atoms with Crippen molar-refractivity contribution in [2.75, 3.05) is 5.32 Å². The quantitative estimate of drug-likeness (QED) is 0.394. The molecule has 3 aromatic heterocycles. The van der Waals surface area contributed by atoms with Crippen LogP contribution in [-0.4, -0.2) is 19.9 Å². The third-order valence-corrected chi connectivity index (χ3v) is 5.19. The Morgan fingerprint density at radius 3 is 2.60 bits per heavy atom. The number of nitrogens with one attached hydrogen (secondary N) is 2. The highest BCUT2D eigenvalue weighted by Gasteiger charge is 2.12. The molecule has 2 aromatic carbocycles. The number of anilines is 1. The Morgan fingerprint density at radius 2 is 1.77 bits per heavy atom. The van der Waals surface area contributed by atoms with Crippen molar-refractivity contribution in [3.8, 4) is 22.4 Å². The summed E-state index contributed by atoms with van der Waals surface area (Å²) in [6.07, 6.45) is 7.31. The minimum Gasteiger partial charge on any atom is -0.379 e. The van der Waals surface area contributed by atoms with Crippen LogP contribution in [0.5, 0.6) is 0 Å². The molecule has 5 heteroatoms. The van der Waals surface area contributed by atoms with Crippen LogP contribution < -0.4 is 5.32 Å². The van der Waals surface area contributed by atoms with Crippen LogP contribution in [0.4, 0.5) is 5.69 Å². The van der Waals surface area contributed by atoms with Crippen LogP contribution in [0.2, 0.25) is 0 Å². The maximum atomic E-state index is 4.87. The van der Waals surface area contributed by atoms with Gasteiger partial charge in [0.05, 0.1) is 11.9 Å². The molecule has 0 unspecified atom stereocenters. The molecule has 0 bridgehead atoms. The van der Waals surface area contributed by atoms with Gasteiger partial charge in [-0.25, -0.2) is 9.97 Å². The third-order valence-electron chi connectivity index (χ3n) is 5.19. The topological polar surface area (TPSA) is 66.5 Å². The maximum Gasteiger partial charge on any atom is 0.156 e. The molecule has 0 fully saturated rings. The molecule has 0 saturated heterocycles. The predicted octanol–water partition coefficient (Wildman–Crippen LogP) is 5.86. The molecular formula is C25H21N5. The molecule has 0 aliphatic carbocycles. The second kappa shape index (κ2) is 7.79. The van der Waals surface area contributed by atoms with Gasteiger partial charge in [-0.3, -0.25) is 4.98 Å². The van der Waals surface area contributed by atoms with Crippen LogP contribution in [0.1, 0.15) is 18.5 Å². The molecule has 5 aromatic rings. The van der Waals surface area contributed by atoms with Crippen LogP contribution in [0.15, 0.2) is 91.5 Å². The van der Waals surface area contributed by atoms with Crippen molar-refractivity contribution in [2.24, 2.45) is 0 Å². The first-order valence-corrected chi connectivity index (χ1v) is 9.94. The van der Waals surface area contributed by atoms with Crippen LogP contribution in [0.3, 0.4) is 0 Å². The number of benzene rings is 2. The Balaban J connectivity index is 1.49. The van der Waals surface area contributed by atoms with Crippen molar-refractivity contribution in [3.05, 3.63) is 97.1 Å². The lowest BCUT2D eigenvalue weighted by Crippen LogP contribution is -2.06. The second-order valence-electron chi connectivity index (χ2n) is 7.25. The van der Waals surface area contributed by atoms with Gasteiger partial charge in [0.25, 0.3) is 0 Å². The number of rotatable bonds is 5. The van der Waals surface area contributed by atoms with E-state index in [1.807, 2.05) is 24.4 Å². The zero-order valence-electron chi connectivity index (χ0n) is 16.6. The number of H-pyrrole nitrogens is 1. The number of hydrogen-bond donors (Lipinski definition) is 2. The van der Waals surface area contributed by atoms with Gasteiger partial charge in [-0.15, -0.1) is 0 Å². The van der Waals surface area contributed by atoms with Gasteiger partial charge in [-0.1, -0.05) is 42.5 Å². The van der Waals surface area contributed by atoms with E-state index in [-0.39, 0.29) is 6.04 Å². The maximum absolute atomic E-state index is 4.87. The Labute approximate surface area is 174 Å². The average molecular weight is 391 g/mol. The zero-order valence-corrected chi connectivity index (χ0v) is 16.6. The monoisotopic (exact) mass is 391 g/mol. The minimum absolute atomic E-state index is 0.210. The predicted molar refractivity (Wildman–Crippen MR) is 121 cm³/mol. The van der Waals surface area contributed by atoms with Gasteiger partial charge in [0.1, 0.15) is 5.52 Å². The fourth-order valence-corrected chi connectivity index (χ4v) is 3.62. The number of fused-ring (bicyclic) bond motifs is 1. The molecule has 5 rings (SSSR count). The Bertz CT molecular complexity index is 1280. The summed E-state index contributed by atoms with van der Waals surface area (Å²) in [6, 6.07) is 22.9. The molecule has 0 spiro atoms. The molecule has 0 aliphatic heterocycles. The molecule has 5 nitrogen and oxygen atoms in total. The Kier molecular flexibility index (Phi) is 4.69. The van der Waals surface area contributed by atoms with Gasteiger partial charge in [-0.05, 0) is 42.3 Å². The number of nitrogens with zero attached hydrogens (tertiary/aromatic N) is 3. The molecule has 146 valence electrons. The summed E-state index contributed by atoms with van der Waals surface area (Å²) in [4.78, 5) is 16.8. The highest BCUT2D eigenvalue weighted by molar-refractivity contribution is 5.92. The molecule has 1 atom stereocenters. The van der Waals surface area contributed by atoms with Crippen LogP contribution >= 0.6 is 0 Å². The Hall–Kier alpha value is -3.99.